The van der Waals surface area contributed by atoms with Crippen LogP contribution in [0.2, 0.25) is 0 Å². The van der Waals surface area contributed by atoms with Crippen LogP contribution in [0.3, 0.4) is 0 Å². The van der Waals surface area contributed by atoms with Gasteiger partial charge in [-0.2, -0.15) is 0 Å². The molecule has 180 valence electrons. The molecule has 3 heterocycles. The number of ether oxygens (including phenoxy) is 1. The average Bonchev–Trinajstić information content (AvgIpc) is 2.84. The van der Waals surface area contributed by atoms with Crippen LogP contribution in [0.15, 0.2) is 76.5 Å². The standard InChI is InChI=1S/C20H22N2O3S.C4H4O4/c23-20(25-18-14-22-12-10-15(18)11-13-22)21-17-8-4-5-9-19(17)26(24)16-6-2-1-3-7-16;5-3(6)1-2-4(7)8/h1-9,15,18H,10-14H2,(H,21,23);1-2H,(H,5,6)(H,7,8). The monoisotopic (exact) mass is 486 g/mol. The highest BCUT2D eigenvalue weighted by Crippen LogP contribution is 2.30. The molecule has 5 rings (SSSR count). The van der Waals surface area contributed by atoms with Crippen molar-refractivity contribution < 1.29 is 33.5 Å². The maximum absolute atomic E-state index is 12.9. The van der Waals surface area contributed by atoms with Crippen molar-refractivity contribution in [1.82, 2.24) is 4.90 Å². The third-order valence-corrected chi connectivity index (χ3v) is 6.96. The van der Waals surface area contributed by atoms with Crippen molar-refractivity contribution >= 4 is 34.5 Å². The molecule has 0 spiro atoms. The van der Waals surface area contributed by atoms with Crippen molar-refractivity contribution in [2.45, 2.75) is 28.7 Å². The maximum Gasteiger partial charge on any atom is 0.411 e. The number of hydrogen-bond donors (Lipinski definition) is 3. The number of hydrogen-bond acceptors (Lipinski definition) is 6. The van der Waals surface area contributed by atoms with Gasteiger partial charge in [-0.05, 0) is 56.1 Å². The highest BCUT2D eigenvalue weighted by molar-refractivity contribution is 7.85. The van der Waals surface area contributed by atoms with E-state index in [9.17, 15) is 18.6 Å². The van der Waals surface area contributed by atoms with Crippen molar-refractivity contribution in [1.29, 1.82) is 0 Å². The predicted molar refractivity (Wildman–Crippen MR) is 125 cm³/mol. The molecule has 0 aliphatic carbocycles. The number of carboxylic acids is 2. The molecule has 3 N–H and O–H groups in total. The molecule has 3 aliphatic heterocycles. The van der Waals surface area contributed by atoms with Gasteiger partial charge in [-0.3, -0.25) is 10.2 Å². The first-order valence-corrected chi connectivity index (χ1v) is 11.9. The largest absolute Gasteiger partial charge is 0.478 e. The number of piperidine rings is 3. The Morgan fingerprint density at radius 2 is 1.53 bits per heavy atom. The van der Waals surface area contributed by atoms with Crippen LogP contribution in [0.5, 0.6) is 0 Å². The van der Waals surface area contributed by atoms with Gasteiger partial charge in [0.1, 0.15) is 6.10 Å². The smallest absolute Gasteiger partial charge is 0.411 e. The molecule has 10 heteroatoms. The Hall–Kier alpha value is -3.50. The molecule has 0 radical (unpaired) electrons. The molecule has 3 fully saturated rings. The Labute approximate surface area is 199 Å². The average molecular weight is 487 g/mol. The highest BCUT2D eigenvalue weighted by Gasteiger charge is 2.36. The molecule has 2 unspecified atom stereocenters. The normalized spacial score (nSPS) is 21.7. The van der Waals surface area contributed by atoms with Gasteiger partial charge in [-0.25, -0.2) is 18.6 Å². The fourth-order valence-corrected chi connectivity index (χ4v) is 5.05. The van der Waals surface area contributed by atoms with Crippen molar-refractivity contribution in [3.8, 4) is 0 Å². The zero-order valence-corrected chi connectivity index (χ0v) is 19.1. The highest BCUT2D eigenvalue weighted by atomic mass is 32.2. The van der Waals surface area contributed by atoms with E-state index < -0.39 is 28.8 Å². The molecule has 2 aromatic rings. The van der Waals surface area contributed by atoms with Crippen LogP contribution in [-0.2, 0) is 25.1 Å². The number of nitrogens with one attached hydrogen (secondary N) is 1. The summed E-state index contributed by atoms with van der Waals surface area (Å²) in [6, 6.07) is 16.4. The summed E-state index contributed by atoms with van der Waals surface area (Å²) in [6.07, 6.45) is 2.77. The van der Waals surface area contributed by atoms with Gasteiger partial charge in [0, 0.05) is 23.6 Å². The van der Waals surface area contributed by atoms with Crippen LogP contribution >= 0.6 is 0 Å². The SMILES string of the molecule is O=C(Nc1ccccc1S(=O)c1ccccc1)OC1CN2CCC1CC2.O=C(O)C=CC(=O)O. The molecule has 2 aromatic carbocycles. The number of carbonyl (C=O) groups is 3. The molecule has 1 amide bonds. The Kier molecular flexibility index (Phi) is 8.94. The molecule has 34 heavy (non-hydrogen) atoms. The third kappa shape index (κ3) is 7.26. The zero-order chi connectivity index (χ0) is 24.5. The summed E-state index contributed by atoms with van der Waals surface area (Å²) in [5.74, 6) is -2.06. The molecular formula is C24H26N2O7S. The Bertz CT molecular complexity index is 1050. The minimum Gasteiger partial charge on any atom is -0.478 e. The number of amides is 1. The topological polar surface area (TPSA) is 133 Å². The molecule has 3 saturated heterocycles. The summed E-state index contributed by atoms with van der Waals surface area (Å²) in [7, 11) is -1.36. The molecule has 0 aromatic heterocycles. The molecule has 9 nitrogen and oxygen atoms in total. The van der Waals surface area contributed by atoms with Crippen molar-refractivity contribution in [2.75, 3.05) is 25.0 Å². The number of aliphatic carboxylic acids is 2. The van der Waals surface area contributed by atoms with Crippen LogP contribution in [0, 0.1) is 5.92 Å². The van der Waals surface area contributed by atoms with E-state index in [0.29, 0.717) is 33.5 Å². The lowest BCUT2D eigenvalue weighted by Crippen LogP contribution is -2.52. The Morgan fingerprint density at radius 1 is 0.941 bits per heavy atom. The Balaban J connectivity index is 0.000000350. The van der Waals surface area contributed by atoms with E-state index in [0.717, 1.165) is 32.5 Å². The van der Waals surface area contributed by atoms with Gasteiger partial charge in [0.25, 0.3) is 0 Å². The van der Waals surface area contributed by atoms with Gasteiger partial charge >= 0.3 is 18.0 Å². The first-order chi connectivity index (χ1) is 16.3. The molecule has 2 bridgehead atoms. The van der Waals surface area contributed by atoms with Gasteiger partial charge in [0.15, 0.2) is 0 Å². The van der Waals surface area contributed by atoms with Gasteiger partial charge in [-0.1, -0.05) is 30.3 Å². The second kappa shape index (κ2) is 12.1. The second-order valence-corrected chi connectivity index (χ2v) is 9.24. The van der Waals surface area contributed by atoms with E-state index in [2.05, 4.69) is 10.2 Å². The third-order valence-electron chi connectivity index (χ3n) is 5.50. The minimum atomic E-state index is -1.36. The van der Waals surface area contributed by atoms with Crippen LogP contribution in [-0.4, -0.2) is 63.1 Å². The second-order valence-electron chi connectivity index (χ2n) is 7.79. The fourth-order valence-electron chi connectivity index (χ4n) is 3.87. The van der Waals surface area contributed by atoms with E-state index in [-0.39, 0.29) is 6.10 Å². The van der Waals surface area contributed by atoms with Crippen LogP contribution in [0.25, 0.3) is 0 Å². The summed E-state index contributed by atoms with van der Waals surface area (Å²) in [6.45, 7) is 3.02. The van der Waals surface area contributed by atoms with E-state index in [1.807, 2.05) is 42.5 Å². The molecule has 2 atom stereocenters. The maximum atomic E-state index is 12.9. The number of anilines is 1. The van der Waals surface area contributed by atoms with E-state index in [4.69, 9.17) is 14.9 Å². The number of para-hydroxylation sites is 1. The number of carboxylic acid groups (broad SMARTS) is 2. The minimum absolute atomic E-state index is 0.0516. The number of carbonyl (C=O) groups excluding carboxylic acids is 1. The summed E-state index contributed by atoms with van der Waals surface area (Å²) in [5, 5.41) is 18.4. The van der Waals surface area contributed by atoms with Crippen LogP contribution in [0.4, 0.5) is 10.5 Å². The fraction of sp³-hybridized carbons (Fsp3) is 0.292. The van der Waals surface area contributed by atoms with Crippen molar-refractivity contribution in [3.05, 3.63) is 66.7 Å². The van der Waals surface area contributed by atoms with Gasteiger partial charge < -0.3 is 14.9 Å². The van der Waals surface area contributed by atoms with Gasteiger partial charge in [-0.15, -0.1) is 0 Å². The summed E-state index contributed by atoms with van der Waals surface area (Å²) >= 11 is 0. The van der Waals surface area contributed by atoms with E-state index in [1.54, 1.807) is 12.1 Å². The van der Waals surface area contributed by atoms with Crippen molar-refractivity contribution in [2.24, 2.45) is 5.92 Å². The zero-order valence-electron chi connectivity index (χ0n) is 18.3. The molecular weight excluding hydrogens is 460 g/mol. The lowest BCUT2D eigenvalue weighted by atomic mass is 9.86. The molecule has 3 aliphatic rings. The summed E-state index contributed by atoms with van der Waals surface area (Å²) in [5.41, 5.74) is 0.529. The van der Waals surface area contributed by atoms with Crippen LogP contribution < -0.4 is 5.32 Å². The summed E-state index contributed by atoms with van der Waals surface area (Å²) < 4.78 is 18.5. The van der Waals surface area contributed by atoms with E-state index in [1.165, 1.54) is 0 Å². The van der Waals surface area contributed by atoms with Crippen LogP contribution in [0.1, 0.15) is 12.8 Å². The first-order valence-electron chi connectivity index (χ1n) is 10.7. The lowest BCUT2D eigenvalue weighted by Gasteiger charge is -2.43. The Morgan fingerprint density at radius 3 is 2.09 bits per heavy atom. The predicted octanol–water partition coefficient (Wildman–Crippen LogP) is 3.21. The number of benzene rings is 2. The van der Waals surface area contributed by atoms with Crippen molar-refractivity contribution in [3.63, 3.8) is 0 Å². The molecule has 0 saturated carbocycles. The summed E-state index contributed by atoms with van der Waals surface area (Å²) in [4.78, 5) is 35.1. The van der Waals surface area contributed by atoms with E-state index >= 15 is 0 Å². The lowest BCUT2D eigenvalue weighted by molar-refractivity contribution is -0.134. The quantitative estimate of drug-likeness (QED) is 0.530. The van der Waals surface area contributed by atoms with Gasteiger partial charge in [0.2, 0.25) is 0 Å². The van der Waals surface area contributed by atoms with Gasteiger partial charge in [0.05, 0.1) is 21.4 Å². The first kappa shape index (κ1) is 25.1. The number of rotatable bonds is 6. The number of fused-ring (bicyclic) bond motifs is 3. The number of nitrogens with zero attached hydrogens (tertiary/aromatic N) is 1.